The molecule has 1 aromatic carbocycles. The van der Waals surface area contributed by atoms with E-state index in [1.807, 2.05) is 30.4 Å². The van der Waals surface area contributed by atoms with Gasteiger partial charge >= 0.3 is 0 Å². The third kappa shape index (κ3) is 13.8. The molecular weight excluding hydrogens is 748 g/mol. The number of carbonyl (C=O) groups excluding carboxylic acids is 5. The van der Waals surface area contributed by atoms with Crippen molar-refractivity contribution < 1.29 is 42.3 Å². The molecule has 3 aromatic rings. The molecule has 0 spiro atoms. The maximum Gasteiger partial charge on any atom is 0.291 e. The number of amides is 4. The molecule has 0 saturated heterocycles. The van der Waals surface area contributed by atoms with E-state index in [4.69, 9.17) is 18.3 Å². The number of carbonyl (C=O) groups is 5. The number of aldehydes is 1. The largest absolute Gasteiger partial charge is 0.486 e. The number of ether oxygens (including phenoxy) is 2. The van der Waals surface area contributed by atoms with E-state index < -0.39 is 34.1 Å². The predicted molar refractivity (Wildman–Crippen MR) is 215 cm³/mol. The number of hydrogen-bond donors (Lipinski definition) is 4. The molecule has 1 aliphatic carbocycles. The summed E-state index contributed by atoms with van der Waals surface area (Å²) in [6.45, 7) is 2.35. The smallest absolute Gasteiger partial charge is 0.291 e. The molecule has 1 unspecified atom stereocenters. The van der Waals surface area contributed by atoms with E-state index in [1.54, 1.807) is 37.3 Å². The molecule has 0 fully saturated rings. The lowest BCUT2D eigenvalue weighted by Crippen LogP contribution is -2.50. The first-order valence-corrected chi connectivity index (χ1v) is 19.0. The topological polar surface area (TPSA) is 212 Å². The summed E-state index contributed by atoms with van der Waals surface area (Å²) in [6, 6.07) is 11.0. The van der Waals surface area contributed by atoms with Crippen LogP contribution in [0.2, 0.25) is 0 Å². The van der Waals surface area contributed by atoms with Crippen LogP contribution in [0.4, 0.5) is 0 Å². The van der Waals surface area contributed by atoms with Gasteiger partial charge in [0.2, 0.25) is 39.8 Å². The zero-order chi connectivity index (χ0) is 41.6. The van der Waals surface area contributed by atoms with Crippen LogP contribution in [0, 0.1) is 0 Å². The van der Waals surface area contributed by atoms with Gasteiger partial charge in [-0.2, -0.15) is 0 Å². The summed E-state index contributed by atoms with van der Waals surface area (Å²) in [6.07, 6.45) is 17.4. The van der Waals surface area contributed by atoms with Crippen molar-refractivity contribution in [2.75, 3.05) is 32.8 Å². The number of benzene rings is 1. The molecule has 0 aliphatic heterocycles. The highest BCUT2D eigenvalue weighted by Crippen LogP contribution is 2.27. The molecule has 15 heteroatoms. The molecule has 2 heterocycles. The van der Waals surface area contributed by atoms with Crippen LogP contribution in [0.25, 0.3) is 0 Å². The van der Waals surface area contributed by atoms with Crippen LogP contribution in [-0.2, 0) is 9.59 Å². The van der Waals surface area contributed by atoms with Gasteiger partial charge in [-0.05, 0) is 75.7 Å². The van der Waals surface area contributed by atoms with Crippen molar-refractivity contribution >= 4 is 29.9 Å². The molecular formula is C43H48N4O11. The van der Waals surface area contributed by atoms with Gasteiger partial charge < -0.3 is 39.6 Å². The van der Waals surface area contributed by atoms with Gasteiger partial charge in [-0.3, -0.25) is 33.6 Å². The van der Waals surface area contributed by atoms with Gasteiger partial charge in [0, 0.05) is 48.9 Å². The van der Waals surface area contributed by atoms with Crippen LogP contribution in [0.3, 0.4) is 0 Å². The molecule has 0 radical (unpaired) electrons. The van der Waals surface area contributed by atoms with E-state index in [0.29, 0.717) is 50.4 Å². The van der Waals surface area contributed by atoms with Crippen LogP contribution < -0.4 is 41.6 Å². The monoisotopic (exact) mass is 796 g/mol. The normalized spacial score (nSPS) is 13.1. The van der Waals surface area contributed by atoms with Gasteiger partial charge in [-0.1, -0.05) is 48.6 Å². The lowest BCUT2D eigenvalue weighted by atomic mass is 9.83. The molecule has 1 atom stereocenters. The van der Waals surface area contributed by atoms with Crippen molar-refractivity contribution in [2.45, 2.75) is 57.4 Å². The molecule has 15 nitrogen and oxygen atoms in total. The van der Waals surface area contributed by atoms with Gasteiger partial charge in [0.1, 0.15) is 12.9 Å². The van der Waals surface area contributed by atoms with Gasteiger partial charge in [0.25, 0.3) is 17.7 Å². The van der Waals surface area contributed by atoms with Crippen molar-refractivity contribution in [1.29, 1.82) is 0 Å². The van der Waals surface area contributed by atoms with Gasteiger partial charge in [-0.25, -0.2) is 0 Å². The summed E-state index contributed by atoms with van der Waals surface area (Å²) in [5, 5.41) is 11.5. The van der Waals surface area contributed by atoms with E-state index in [0.717, 1.165) is 42.7 Å². The average Bonchev–Trinajstić information content (AvgIpc) is 3.51. The fourth-order valence-corrected chi connectivity index (χ4v) is 6.12. The minimum atomic E-state index is -0.913. The van der Waals surface area contributed by atoms with Gasteiger partial charge in [0.15, 0.2) is 0 Å². The molecule has 1 aliphatic rings. The zero-order valence-corrected chi connectivity index (χ0v) is 32.3. The van der Waals surface area contributed by atoms with Crippen LogP contribution in [-0.4, -0.2) is 68.3 Å². The van der Waals surface area contributed by atoms with E-state index in [-0.39, 0.29) is 61.8 Å². The Morgan fingerprint density at radius 2 is 1.34 bits per heavy atom. The quantitative estimate of drug-likeness (QED) is 0.0602. The van der Waals surface area contributed by atoms with Crippen molar-refractivity contribution in [2.24, 2.45) is 0 Å². The van der Waals surface area contributed by atoms with E-state index in [2.05, 4.69) is 21.3 Å². The molecule has 2 aromatic heterocycles. The minimum Gasteiger partial charge on any atom is -0.486 e. The standard InChI is InChI=1S/C43H48N4O11/c1-2-55-36-33(49)19-28-56-38(36)41(53)45-25-12-22-43(21-11-24-44-35(51)18-10-27-48,47-40(52)32-16-8-5-9-17-32)23-13-26-46-42(54)39-37(34(50)20-29-57-39)58-30-31-14-6-3-4-7-15-31/h3,5-10,14-20,27-29H,2,4,11-13,21-26,30H2,1H3,(H,44,51)(H,45,53)(H,46,54)(H,47,52)/b18-10+. The highest BCUT2D eigenvalue weighted by Gasteiger charge is 2.32. The molecule has 4 rings (SSSR count). The maximum atomic E-state index is 13.7. The molecule has 4 N–H and O–H groups in total. The molecule has 0 saturated carbocycles. The first kappa shape index (κ1) is 44.0. The second-order valence-electron chi connectivity index (χ2n) is 13.1. The highest BCUT2D eigenvalue weighted by molar-refractivity contribution is 5.95. The first-order valence-electron chi connectivity index (χ1n) is 19.0. The second kappa shape index (κ2) is 23.3. The van der Waals surface area contributed by atoms with E-state index in [9.17, 15) is 33.6 Å². The Bertz CT molecular complexity index is 2120. The average molecular weight is 797 g/mol. The molecule has 4 amide bonds. The Balaban J connectivity index is 1.49. The predicted octanol–water partition coefficient (Wildman–Crippen LogP) is 4.35. The van der Waals surface area contributed by atoms with Gasteiger partial charge in [-0.15, -0.1) is 0 Å². The number of allylic oxidation sites excluding steroid dienone is 5. The lowest BCUT2D eigenvalue weighted by Gasteiger charge is -2.36. The van der Waals surface area contributed by atoms with Crippen molar-refractivity contribution in [3.8, 4) is 11.5 Å². The molecule has 58 heavy (non-hydrogen) atoms. The summed E-state index contributed by atoms with van der Waals surface area (Å²) in [7, 11) is 0. The highest BCUT2D eigenvalue weighted by atomic mass is 16.5. The zero-order valence-electron chi connectivity index (χ0n) is 32.3. The Morgan fingerprint density at radius 1 is 0.759 bits per heavy atom. The van der Waals surface area contributed by atoms with Crippen molar-refractivity contribution in [3.63, 3.8) is 0 Å². The Hall–Kier alpha value is -6.77. The Morgan fingerprint density at radius 3 is 1.93 bits per heavy atom. The third-order valence-corrected chi connectivity index (χ3v) is 8.91. The fraction of sp³-hybridized carbons (Fsp3) is 0.326. The molecule has 306 valence electrons. The molecule has 0 bridgehead atoms. The summed E-state index contributed by atoms with van der Waals surface area (Å²) in [5.74, 6) is -3.06. The van der Waals surface area contributed by atoms with E-state index in [1.165, 1.54) is 6.07 Å². The number of hydrogen-bond acceptors (Lipinski definition) is 11. The number of nitrogens with one attached hydrogen (secondary N) is 4. The first-order chi connectivity index (χ1) is 28.2. The van der Waals surface area contributed by atoms with Gasteiger partial charge in [0.05, 0.1) is 19.1 Å². The van der Waals surface area contributed by atoms with Crippen LogP contribution >= 0.6 is 0 Å². The maximum absolute atomic E-state index is 13.7. The Labute approximate surface area is 335 Å². The SMILES string of the molecule is CCOc1c(C(=O)NCCCC(CCCNC(=O)/C=C/C=O)(CCCNC(=O)c2occc(=O)c2OCC2=CC=CCC=C2)NC(=O)c2ccccc2)occc1=O. The van der Waals surface area contributed by atoms with Crippen molar-refractivity contribution in [3.05, 3.63) is 141 Å². The minimum absolute atomic E-state index is 0.0429. The summed E-state index contributed by atoms with van der Waals surface area (Å²) in [4.78, 5) is 88.0. The van der Waals surface area contributed by atoms with E-state index >= 15 is 0 Å². The van der Waals surface area contributed by atoms with Crippen LogP contribution in [0.15, 0.2) is 122 Å². The summed E-state index contributed by atoms with van der Waals surface area (Å²) >= 11 is 0. The third-order valence-electron chi connectivity index (χ3n) is 8.91. The fourth-order valence-electron chi connectivity index (χ4n) is 6.12. The van der Waals surface area contributed by atoms with Crippen LogP contribution in [0.5, 0.6) is 11.5 Å². The summed E-state index contributed by atoms with van der Waals surface area (Å²) in [5.41, 5.74) is -0.708. The van der Waals surface area contributed by atoms with Crippen LogP contribution in [0.1, 0.15) is 83.3 Å². The summed E-state index contributed by atoms with van der Waals surface area (Å²) < 4.78 is 21.9. The van der Waals surface area contributed by atoms with Crippen molar-refractivity contribution in [1.82, 2.24) is 21.3 Å². The second-order valence-corrected chi connectivity index (χ2v) is 13.1. The Kier molecular flexibility index (Phi) is 17.7. The lowest BCUT2D eigenvalue weighted by molar-refractivity contribution is -0.116. The number of rotatable bonds is 23.